The average molecular weight is 251 g/mol. The quantitative estimate of drug-likeness (QED) is 0.636. The van der Waals surface area contributed by atoms with Crippen LogP contribution in [0, 0.1) is 19.3 Å². The second-order valence-corrected chi connectivity index (χ2v) is 4.60. The van der Waals surface area contributed by atoms with Gasteiger partial charge in [-0.25, -0.2) is 4.98 Å². The van der Waals surface area contributed by atoms with E-state index in [0.29, 0.717) is 10.8 Å². The Morgan fingerprint density at radius 3 is 2.76 bits per heavy atom. The fourth-order valence-electron chi connectivity index (χ4n) is 1.53. The topological polar surface area (TPSA) is 93.7 Å². The molecule has 90 valence electrons. The predicted molar refractivity (Wildman–Crippen MR) is 64.3 cm³/mol. The molecule has 6 nitrogen and oxygen atoms in total. The third-order valence-corrected chi connectivity index (χ3v) is 3.24. The number of rotatable bonds is 3. The Kier molecular flexibility index (Phi) is 2.93. The van der Waals surface area contributed by atoms with Crippen LogP contribution in [0.2, 0.25) is 0 Å². The summed E-state index contributed by atoms with van der Waals surface area (Å²) in [6, 6.07) is 0. The van der Waals surface area contributed by atoms with E-state index < -0.39 is 0 Å². The molecule has 17 heavy (non-hydrogen) atoms. The smallest absolute Gasteiger partial charge is 0.262 e. The Hall–Kier alpha value is -1.76. The highest BCUT2D eigenvalue weighted by Crippen LogP contribution is 2.30. The summed E-state index contributed by atoms with van der Waals surface area (Å²) in [4.78, 5) is 4.20. The summed E-state index contributed by atoms with van der Waals surface area (Å²) in [5.41, 5.74) is 7.73. The molecule has 0 saturated carbocycles. The van der Waals surface area contributed by atoms with Gasteiger partial charge in [-0.15, -0.1) is 0 Å². The molecule has 0 radical (unpaired) electrons. The first kappa shape index (κ1) is 11.7. The molecular weight excluding hydrogens is 238 g/mol. The van der Waals surface area contributed by atoms with Crippen molar-refractivity contribution in [2.45, 2.75) is 24.1 Å². The van der Waals surface area contributed by atoms with E-state index >= 15 is 0 Å². The maximum atomic E-state index is 7.56. The molecule has 0 aliphatic heterocycles. The summed E-state index contributed by atoms with van der Waals surface area (Å²) < 4.78 is 6.94. The number of aryl methyl sites for hydroxylation is 3. The molecule has 7 heteroatoms. The van der Waals surface area contributed by atoms with Gasteiger partial charge in [0.05, 0.1) is 17.0 Å². The number of amidine groups is 1. The van der Waals surface area contributed by atoms with Gasteiger partial charge < -0.3 is 10.2 Å². The van der Waals surface area contributed by atoms with E-state index in [1.807, 2.05) is 13.8 Å². The third kappa shape index (κ3) is 2.19. The Morgan fingerprint density at radius 2 is 2.24 bits per heavy atom. The van der Waals surface area contributed by atoms with Crippen LogP contribution in [0.4, 0.5) is 0 Å². The van der Waals surface area contributed by atoms with E-state index in [1.165, 1.54) is 11.8 Å². The van der Waals surface area contributed by atoms with Gasteiger partial charge in [-0.3, -0.25) is 10.1 Å². The maximum absolute atomic E-state index is 7.56. The zero-order valence-corrected chi connectivity index (χ0v) is 10.6. The van der Waals surface area contributed by atoms with Gasteiger partial charge in [0.2, 0.25) is 0 Å². The van der Waals surface area contributed by atoms with Crippen molar-refractivity contribution in [3.8, 4) is 0 Å². The molecule has 3 N–H and O–H groups in total. The first-order chi connectivity index (χ1) is 7.99. The van der Waals surface area contributed by atoms with Gasteiger partial charge in [0.15, 0.2) is 0 Å². The fraction of sp³-hybridized carbons (Fsp3) is 0.300. The number of nitrogens with two attached hydrogens (primary N) is 1. The molecule has 2 aromatic heterocycles. The van der Waals surface area contributed by atoms with E-state index in [1.54, 1.807) is 18.0 Å². The molecule has 0 saturated heterocycles. The highest BCUT2D eigenvalue weighted by Gasteiger charge is 2.18. The maximum Gasteiger partial charge on any atom is 0.262 e. The summed E-state index contributed by atoms with van der Waals surface area (Å²) in [6.07, 6.45) is 1.58. The van der Waals surface area contributed by atoms with Crippen LogP contribution in [0.3, 0.4) is 0 Å². The summed E-state index contributed by atoms with van der Waals surface area (Å²) >= 11 is 1.31. The lowest BCUT2D eigenvalue weighted by molar-refractivity contribution is 0.453. The number of hydrogen-bond donors (Lipinski definition) is 2. The van der Waals surface area contributed by atoms with Gasteiger partial charge in [0.25, 0.3) is 5.22 Å². The van der Waals surface area contributed by atoms with E-state index in [-0.39, 0.29) is 5.84 Å². The van der Waals surface area contributed by atoms with Crippen LogP contribution in [-0.4, -0.2) is 20.6 Å². The number of nitrogens with zero attached hydrogens (tertiary/aromatic N) is 3. The lowest BCUT2D eigenvalue weighted by atomic mass is 10.2. The third-order valence-electron chi connectivity index (χ3n) is 2.22. The number of aromatic nitrogens is 3. The molecule has 0 fully saturated rings. The second kappa shape index (κ2) is 4.25. The summed E-state index contributed by atoms with van der Waals surface area (Å²) in [7, 11) is 1.80. The Bertz CT molecular complexity index is 571. The number of hydrogen-bond acceptors (Lipinski definition) is 5. The van der Waals surface area contributed by atoms with Crippen LogP contribution < -0.4 is 5.73 Å². The largest absolute Gasteiger partial charge is 0.439 e. The Labute approximate surface area is 103 Å². The minimum Gasteiger partial charge on any atom is -0.439 e. The van der Waals surface area contributed by atoms with Crippen LogP contribution in [-0.2, 0) is 7.05 Å². The molecule has 2 rings (SSSR count). The van der Waals surface area contributed by atoms with Crippen molar-refractivity contribution in [2.24, 2.45) is 12.8 Å². The van der Waals surface area contributed by atoms with Gasteiger partial charge in [0.1, 0.15) is 17.1 Å². The van der Waals surface area contributed by atoms with Crippen molar-refractivity contribution < 1.29 is 4.42 Å². The average Bonchev–Trinajstić information content (AvgIpc) is 2.72. The monoisotopic (exact) mass is 251 g/mol. The number of nitrogen functional groups attached to an aromatic ring is 1. The van der Waals surface area contributed by atoms with Gasteiger partial charge in [-0.2, -0.15) is 5.10 Å². The predicted octanol–water partition coefficient (Wildman–Crippen LogP) is 1.46. The van der Waals surface area contributed by atoms with Gasteiger partial charge >= 0.3 is 0 Å². The van der Waals surface area contributed by atoms with Crippen molar-refractivity contribution in [3.63, 3.8) is 0 Å². The van der Waals surface area contributed by atoms with Gasteiger partial charge in [-0.05, 0) is 25.6 Å². The van der Waals surface area contributed by atoms with Crippen LogP contribution >= 0.6 is 11.8 Å². The Balaban J connectivity index is 2.41. The van der Waals surface area contributed by atoms with Crippen LogP contribution in [0.15, 0.2) is 20.9 Å². The number of oxazole rings is 1. The van der Waals surface area contributed by atoms with Crippen molar-refractivity contribution in [2.75, 3.05) is 0 Å². The number of nitrogens with one attached hydrogen (secondary N) is 1. The minimum atomic E-state index is 0.00128. The molecule has 0 unspecified atom stereocenters. The first-order valence-electron chi connectivity index (χ1n) is 4.97. The van der Waals surface area contributed by atoms with Crippen molar-refractivity contribution >= 4 is 17.6 Å². The molecule has 0 spiro atoms. The summed E-state index contributed by atoms with van der Waals surface area (Å²) in [5, 5.41) is 13.1. The van der Waals surface area contributed by atoms with Crippen LogP contribution in [0.5, 0.6) is 0 Å². The van der Waals surface area contributed by atoms with E-state index in [0.717, 1.165) is 16.4 Å². The van der Waals surface area contributed by atoms with Gasteiger partial charge in [-0.1, -0.05) is 0 Å². The Morgan fingerprint density at radius 1 is 1.53 bits per heavy atom. The molecule has 2 heterocycles. The zero-order valence-electron chi connectivity index (χ0n) is 9.81. The van der Waals surface area contributed by atoms with Crippen molar-refractivity contribution in [3.05, 3.63) is 23.2 Å². The molecule has 0 aliphatic carbocycles. The zero-order chi connectivity index (χ0) is 12.6. The lowest BCUT2D eigenvalue weighted by Crippen LogP contribution is -2.13. The molecule has 2 aromatic rings. The molecular formula is C10H13N5OS. The molecule has 0 atom stereocenters. The summed E-state index contributed by atoms with van der Waals surface area (Å²) in [6.45, 7) is 3.68. The summed E-state index contributed by atoms with van der Waals surface area (Å²) in [5.74, 6) is 0.00128. The minimum absolute atomic E-state index is 0.00128. The van der Waals surface area contributed by atoms with Crippen molar-refractivity contribution in [1.29, 1.82) is 5.41 Å². The highest BCUT2D eigenvalue weighted by atomic mass is 32.2. The highest BCUT2D eigenvalue weighted by molar-refractivity contribution is 7.99. The molecule has 0 aliphatic rings. The van der Waals surface area contributed by atoms with Crippen LogP contribution in [0.1, 0.15) is 17.0 Å². The van der Waals surface area contributed by atoms with Crippen molar-refractivity contribution in [1.82, 2.24) is 14.8 Å². The van der Waals surface area contributed by atoms with E-state index in [2.05, 4.69) is 10.1 Å². The lowest BCUT2D eigenvalue weighted by Gasteiger charge is -2.01. The molecule has 0 amide bonds. The first-order valence-corrected chi connectivity index (χ1v) is 5.78. The standard InChI is InChI=1S/C10H13N5OS/c1-5-4-16-10(13-5)17-9-7(8(11)12)6(2)14-15(9)3/h4H,1-3H3,(H3,11,12). The molecule has 0 bridgehead atoms. The SMILES string of the molecule is Cc1coc(Sc2c(C(=N)N)c(C)nn2C)n1. The normalized spacial score (nSPS) is 10.8. The second-order valence-electron chi connectivity index (χ2n) is 3.66. The molecule has 0 aromatic carbocycles. The van der Waals surface area contributed by atoms with E-state index in [9.17, 15) is 0 Å². The van der Waals surface area contributed by atoms with Crippen LogP contribution in [0.25, 0.3) is 0 Å². The van der Waals surface area contributed by atoms with E-state index in [4.69, 9.17) is 15.6 Å². The van der Waals surface area contributed by atoms with Gasteiger partial charge in [0, 0.05) is 7.05 Å². The fourth-order valence-corrected chi connectivity index (χ4v) is 2.51.